The maximum absolute atomic E-state index is 12.0. The molecule has 104 valence electrons. The molecule has 19 heavy (non-hydrogen) atoms. The van der Waals surface area contributed by atoms with Gasteiger partial charge in [-0.25, -0.2) is 0 Å². The van der Waals surface area contributed by atoms with Crippen LogP contribution in [-0.4, -0.2) is 37.0 Å². The number of carbonyl (C=O) groups excluding carboxylic acids is 1. The molecule has 1 atom stereocenters. The molecule has 1 aliphatic rings. The van der Waals surface area contributed by atoms with Gasteiger partial charge in [0.2, 0.25) is 5.91 Å². The highest BCUT2D eigenvalue weighted by Gasteiger charge is 2.22. The molecule has 0 bridgehead atoms. The van der Waals surface area contributed by atoms with E-state index in [-0.39, 0.29) is 5.91 Å². The summed E-state index contributed by atoms with van der Waals surface area (Å²) in [5.74, 6) is 0.611. The molecule has 1 unspecified atom stereocenters. The molecule has 1 heterocycles. The monoisotopic (exact) mass is 261 g/mol. The van der Waals surface area contributed by atoms with Crippen LogP contribution in [0.15, 0.2) is 18.2 Å². The molecule has 0 aromatic heterocycles. The first kappa shape index (κ1) is 14.0. The summed E-state index contributed by atoms with van der Waals surface area (Å²) >= 11 is 0. The quantitative estimate of drug-likeness (QED) is 0.864. The summed E-state index contributed by atoms with van der Waals surface area (Å²) < 4.78 is 0. The van der Waals surface area contributed by atoms with Crippen LogP contribution in [0.1, 0.15) is 17.5 Å². The number of carbonyl (C=O) groups is 1. The van der Waals surface area contributed by atoms with E-state index in [0.29, 0.717) is 12.5 Å². The lowest BCUT2D eigenvalue weighted by Crippen LogP contribution is -2.32. The van der Waals surface area contributed by atoms with Gasteiger partial charge in [0.15, 0.2) is 0 Å². The summed E-state index contributed by atoms with van der Waals surface area (Å²) in [7, 11) is 0. The predicted octanol–water partition coefficient (Wildman–Crippen LogP) is 1.52. The molecule has 3 N–H and O–H groups in total. The Hall–Kier alpha value is -1.39. The lowest BCUT2D eigenvalue weighted by atomic mass is 10.1. The SMILES string of the molecule is Cc1cccc(NC(=O)CN2CCC(CN)C2)c1C. The highest BCUT2D eigenvalue weighted by atomic mass is 16.2. The van der Waals surface area contributed by atoms with E-state index in [2.05, 4.69) is 23.2 Å². The van der Waals surface area contributed by atoms with Gasteiger partial charge >= 0.3 is 0 Å². The summed E-state index contributed by atoms with van der Waals surface area (Å²) in [4.78, 5) is 14.2. The van der Waals surface area contributed by atoms with E-state index < -0.39 is 0 Å². The molecule has 1 aliphatic heterocycles. The largest absolute Gasteiger partial charge is 0.330 e. The van der Waals surface area contributed by atoms with E-state index in [9.17, 15) is 4.79 Å². The van der Waals surface area contributed by atoms with Crippen molar-refractivity contribution in [1.82, 2.24) is 4.90 Å². The molecule has 0 radical (unpaired) electrons. The zero-order valence-electron chi connectivity index (χ0n) is 11.8. The van der Waals surface area contributed by atoms with E-state index in [1.54, 1.807) is 0 Å². The zero-order chi connectivity index (χ0) is 13.8. The minimum atomic E-state index is 0.0615. The summed E-state index contributed by atoms with van der Waals surface area (Å²) in [5, 5.41) is 3.00. The Bertz CT molecular complexity index is 459. The molecular weight excluding hydrogens is 238 g/mol. The number of likely N-dealkylation sites (tertiary alicyclic amines) is 1. The Morgan fingerprint density at radius 3 is 2.95 bits per heavy atom. The van der Waals surface area contributed by atoms with Gasteiger partial charge in [0, 0.05) is 12.2 Å². The first-order chi connectivity index (χ1) is 9.10. The fraction of sp³-hybridized carbons (Fsp3) is 0.533. The third-order valence-corrected chi connectivity index (χ3v) is 3.95. The first-order valence-corrected chi connectivity index (χ1v) is 6.88. The van der Waals surface area contributed by atoms with Gasteiger partial charge < -0.3 is 11.1 Å². The summed E-state index contributed by atoms with van der Waals surface area (Å²) in [5.41, 5.74) is 8.91. The minimum Gasteiger partial charge on any atom is -0.330 e. The molecule has 1 amide bonds. The van der Waals surface area contributed by atoms with Crippen molar-refractivity contribution in [2.45, 2.75) is 20.3 Å². The number of amides is 1. The molecule has 0 saturated carbocycles. The van der Waals surface area contributed by atoms with E-state index in [1.165, 1.54) is 5.56 Å². The number of aryl methyl sites for hydroxylation is 1. The Morgan fingerprint density at radius 1 is 1.47 bits per heavy atom. The number of anilines is 1. The molecule has 1 aromatic rings. The fourth-order valence-corrected chi connectivity index (χ4v) is 2.53. The van der Waals surface area contributed by atoms with Gasteiger partial charge in [0.25, 0.3) is 0 Å². The first-order valence-electron chi connectivity index (χ1n) is 6.88. The Balaban J connectivity index is 1.89. The number of hydrogen-bond acceptors (Lipinski definition) is 3. The lowest BCUT2D eigenvalue weighted by molar-refractivity contribution is -0.117. The minimum absolute atomic E-state index is 0.0615. The van der Waals surface area contributed by atoms with E-state index >= 15 is 0 Å². The maximum atomic E-state index is 12.0. The number of rotatable bonds is 4. The lowest BCUT2D eigenvalue weighted by Gasteiger charge is -2.16. The van der Waals surface area contributed by atoms with E-state index in [0.717, 1.165) is 37.3 Å². The predicted molar refractivity (Wildman–Crippen MR) is 78.1 cm³/mol. The van der Waals surface area contributed by atoms with E-state index in [4.69, 9.17) is 5.73 Å². The van der Waals surface area contributed by atoms with Crippen LogP contribution in [0.2, 0.25) is 0 Å². The second kappa shape index (κ2) is 6.17. The molecular formula is C15H23N3O. The van der Waals surface area contributed by atoms with Crippen molar-refractivity contribution in [3.05, 3.63) is 29.3 Å². The van der Waals surface area contributed by atoms with Crippen molar-refractivity contribution in [3.63, 3.8) is 0 Å². The summed E-state index contributed by atoms with van der Waals surface area (Å²) in [6.07, 6.45) is 1.10. The maximum Gasteiger partial charge on any atom is 0.238 e. The second-order valence-electron chi connectivity index (χ2n) is 5.42. The Morgan fingerprint density at radius 2 is 2.26 bits per heavy atom. The van der Waals surface area contributed by atoms with Crippen LogP contribution in [0.5, 0.6) is 0 Å². The molecule has 4 nitrogen and oxygen atoms in total. The van der Waals surface area contributed by atoms with Crippen molar-refractivity contribution in [2.24, 2.45) is 11.7 Å². The topological polar surface area (TPSA) is 58.4 Å². The molecule has 1 aromatic carbocycles. The van der Waals surface area contributed by atoms with Crippen LogP contribution in [0.25, 0.3) is 0 Å². The third-order valence-electron chi connectivity index (χ3n) is 3.95. The summed E-state index contributed by atoms with van der Waals surface area (Å²) in [6, 6.07) is 5.97. The molecule has 1 saturated heterocycles. The van der Waals surface area contributed by atoms with Gasteiger partial charge in [-0.2, -0.15) is 0 Å². The normalized spacial score (nSPS) is 19.6. The van der Waals surface area contributed by atoms with Crippen molar-refractivity contribution in [1.29, 1.82) is 0 Å². The van der Waals surface area contributed by atoms with Crippen LogP contribution in [0.3, 0.4) is 0 Å². The van der Waals surface area contributed by atoms with Crippen molar-refractivity contribution < 1.29 is 4.79 Å². The molecule has 2 rings (SSSR count). The molecule has 4 heteroatoms. The van der Waals surface area contributed by atoms with Gasteiger partial charge in [-0.1, -0.05) is 12.1 Å². The summed E-state index contributed by atoms with van der Waals surface area (Å²) in [6.45, 7) is 7.18. The number of nitrogens with zero attached hydrogens (tertiary/aromatic N) is 1. The van der Waals surface area contributed by atoms with Crippen molar-refractivity contribution in [3.8, 4) is 0 Å². The smallest absolute Gasteiger partial charge is 0.238 e. The second-order valence-corrected chi connectivity index (χ2v) is 5.42. The van der Waals surface area contributed by atoms with E-state index in [1.807, 2.05) is 19.1 Å². The Kier molecular flexibility index (Phi) is 4.56. The van der Waals surface area contributed by atoms with Crippen LogP contribution in [-0.2, 0) is 4.79 Å². The van der Waals surface area contributed by atoms with Gasteiger partial charge in [-0.3, -0.25) is 9.69 Å². The van der Waals surface area contributed by atoms with Gasteiger partial charge in [-0.05, 0) is 56.5 Å². The van der Waals surface area contributed by atoms with Crippen LogP contribution >= 0.6 is 0 Å². The third kappa shape index (κ3) is 3.55. The Labute approximate surface area is 115 Å². The molecule has 0 aliphatic carbocycles. The standard InChI is InChI=1S/C15H23N3O/c1-11-4-3-5-14(12(11)2)17-15(19)10-18-7-6-13(8-16)9-18/h3-5,13H,6-10,16H2,1-2H3,(H,17,19). The number of nitrogens with two attached hydrogens (primary N) is 1. The molecule has 1 fully saturated rings. The van der Waals surface area contributed by atoms with Crippen LogP contribution in [0.4, 0.5) is 5.69 Å². The average molecular weight is 261 g/mol. The van der Waals surface area contributed by atoms with Crippen molar-refractivity contribution >= 4 is 11.6 Å². The van der Waals surface area contributed by atoms with Crippen LogP contribution in [0, 0.1) is 19.8 Å². The van der Waals surface area contributed by atoms with Gasteiger partial charge in [-0.15, -0.1) is 0 Å². The zero-order valence-corrected chi connectivity index (χ0v) is 11.8. The van der Waals surface area contributed by atoms with Gasteiger partial charge in [0.05, 0.1) is 6.54 Å². The highest BCUT2D eigenvalue weighted by Crippen LogP contribution is 2.18. The fourth-order valence-electron chi connectivity index (χ4n) is 2.53. The average Bonchev–Trinajstić information content (AvgIpc) is 2.82. The number of benzene rings is 1. The van der Waals surface area contributed by atoms with Gasteiger partial charge in [0.1, 0.15) is 0 Å². The highest BCUT2D eigenvalue weighted by molar-refractivity contribution is 5.93. The number of nitrogens with one attached hydrogen (secondary N) is 1. The van der Waals surface area contributed by atoms with Crippen molar-refractivity contribution in [2.75, 3.05) is 31.5 Å². The van der Waals surface area contributed by atoms with Crippen LogP contribution < -0.4 is 11.1 Å². The molecule has 0 spiro atoms. The number of hydrogen-bond donors (Lipinski definition) is 2.